The summed E-state index contributed by atoms with van der Waals surface area (Å²) >= 11 is 0. The minimum absolute atomic E-state index is 0.0639. The number of anilines is 1. The van der Waals surface area contributed by atoms with Crippen LogP contribution < -0.4 is 9.64 Å². The van der Waals surface area contributed by atoms with Gasteiger partial charge in [-0.25, -0.2) is 16.8 Å². The number of hydrogen-bond donors (Lipinski definition) is 4. The highest BCUT2D eigenvalue weighted by Gasteiger charge is 2.37. The topological polar surface area (TPSA) is 236 Å². The molecular weight excluding hydrogens is 785 g/mol. The zero-order valence-electron chi connectivity index (χ0n) is 32.7. The van der Waals surface area contributed by atoms with Gasteiger partial charge in [0.15, 0.2) is 0 Å². The Balaban J connectivity index is 2.19. The first kappa shape index (κ1) is 44.9. The average Bonchev–Trinajstić information content (AvgIpc) is 3.11. The standard InChI is InChI=1S/C38H50N4O13S2/c1-6-9-14-39(4)29-19-30(55-18-17-42(5,15-7-2)16-8-3)26-11-13-28-32(57(53,54)41(23-35(47)48)24-36(49)50)20-31(27-12-10-25(29)37(26)38(27)28)56(51,52)40(21-33(43)44)22-34(45)46/h10-13,19-20H,6-9,14-18,21-24H2,1-5H3,(H3-,43,44,45,46,47,48,49,50)/p+1. The lowest BCUT2D eigenvalue weighted by Gasteiger charge is -2.34. The molecule has 0 fully saturated rings. The van der Waals surface area contributed by atoms with Crippen molar-refractivity contribution in [3.63, 3.8) is 0 Å². The molecule has 0 aliphatic heterocycles. The molecule has 0 saturated heterocycles. The third-order valence-electron chi connectivity index (χ3n) is 9.92. The number of aliphatic carboxylic acids is 4. The monoisotopic (exact) mass is 835 g/mol. The van der Waals surface area contributed by atoms with E-state index in [0.29, 0.717) is 53.4 Å². The van der Waals surface area contributed by atoms with Gasteiger partial charge in [0.2, 0.25) is 20.0 Å². The quantitative estimate of drug-likeness (QED) is 0.0581. The second-order valence-electron chi connectivity index (χ2n) is 14.4. The molecule has 0 aliphatic rings. The highest BCUT2D eigenvalue weighted by Crippen LogP contribution is 2.47. The van der Waals surface area contributed by atoms with Gasteiger partial charge in [-0.3, -0.25) is 19.2 Å². The summed E-state index contributed by atoms with van der Waals surface area (Å²) in [7, 11) is -6.27. The third-order valence-corrected chi connectivity index (χ3v) is 13.6. The first-order valence-electron chi connectivity index (χ1n) is 18.6. The summed E-state index contributed by atoms with van der Waals surface area (Å²) in [6, 6.07) is 8.66. The number of carboxylic acids is 4. The van der Waals surface area contributed by atoms with Crippen LogP contribution >= 0.6 is 0 Å². The first-order valence-corrected chi connectivity index (χ1v) is 21.4. The Kier molecular flexibility index (Phi) is 14.3. The number of rotatable bonds is 24. The largest absolute Gasteiger partial charge is 0.487 e. The predicted molar refractivity (Wildman–Crippen MR) is 213 cm³/mol. The van der Waals surface area contributed by atoms with Crippen LogP contribution in [-0.4, -0.2) is 147 Å². The first-order chi connectivity index (χ1) is 26.7. The molecule has 4 N–H and O–H groups in total. The maximum Gasteiger partial charge on any atom is 0.318 e. The molecule has 4 aromatic rings. The van der Waals surface area contributed by atoms with Crippen molar-refractivity contribution in [1.29, 1.82) is 0 Å². The van der Waals surface area contributed by atoms with E-state index in [4.69, 9.17) is 4.74 Å². The minimum atomic E-state index is -5.15. The Bertz CT molecular complexity index is 2240. The van der Waals surface area contributed by atoms with Crippen molar-refractivity contribution < 1.29 is 65.7 Å². The average molecular weight is 836 g/mol. The van der Waals surface area contributed by atoms with E-state index >= 15 is 0 Å². The summed E-state index contributed by atoms with van der Waals surface area (Å²) in [6.07, 6.45) is 3.62. The lowest BCUT2D eigenvalue weighted by molar-refractivity contribution is -0.909. The summed E-state index contributed by atoms with van der Waals surface area (Å²) < 4.78 is 65.3. The molecule has 17 nitrogen and oxygen atoms in total. The number of unbranched alkanes of at least 4 members (excludes halogenated alkanes) is 1. The number of benzene rings is 4. The molecule has 0 aromatic heterocycles. The van der Waals surface area contributed by atoms with E-state index < -0.39 is 79.9 Å². The van der Waals surface area contributed by atoms with Crippen molar-refractivity contribution in [2.24, 2.45) is 0 Å². The molecule has 0 radical (unpaired) electrons. The van der Waals surface area contributed by atoms with Crippen LogP contribution in [0.5, 0.6) is 5.75 Å². The maximum absolute atomic E-state index is 14.4. The Morgan fingerprint density at radius 2 is 1.05 bits per heavy atom. The lowest BCUT2D eigenvalue weighted by atomic mass is 9.92. The molecule has 0 amide bonds. The predicted octanol–water partition coefficient (Wildman–Crippen LogP) is 3.79. The van der Waals surface area contributed by atoms with Gasteiger partial charge in [-0.15, -0.1) is 0 Å². The van der Waals surface area contributed by atoms with E-state index in [1.807, 2.05) is 24.9 Å². The third kappa shape index (κ3) is 9.84. The van der Waals surface area contributed by atoms with Gasteiger partial charge in [0, 0.05) is 57.7 Å². The Hall–Kier alpha value is -4.82. The SMILES string of the molecule is CCCCN(C)c1cc(OCC[N+](C)(CCC)CCC)c2ccc3c(S(=O)(=O)N(CC(=O)O)CC(=O)O)cc(S(=O)(=O)N(CC(=O)O)CC(=O)O)c4ccc1c2c34. The van der Waals surface area contributed by atoms with Crippen LogP contribution in [-0.2, 0) is 39.2 Å². The smallest absolute Gasteiger partial charge is 0.318 e. The van der Waals surface area contributed by atoms with Crippen LogP contribution in [0.1, 0.15) is 46.5 Å². The van der Waals surface area contributed by atoms with Crippen LogP contribution in [0.25, 0.3) is 32.3 Å². The van der Waals surface area contributed by atoms with Gasteiger partial charge in [0.05, 0.1) is 29.9 Å². The molecule has 4 rings (SSSR count). The fraction of sp³-hybridized carbons (Fsp3) is 0.474. The molecule has 0 unspecified atom stereocenters. The van der Waals surface area contributed by atoms with Gasteiger partial charge in [-0.2, -0.15) is 8.61 Å². The van der Waals surface area contributed by atoms with Crippen LogP contribution in [0.3, 0.4) is 0 Å². The van der Waals surface area contributed by atoms with E-state index in [9.17, 15) is 56.4 Å². The Morgan fingerprint density at radius 1 is 0.632 bits per heavy atom. The van der Waals surface area contributed by atoms with Crippen molar-refractivity contribution >= 4 is 81.9 Å². The summed E-state index contributed by atoms with van der Waals surface area (Å²) in [6.45, 7) is 4.53. The lowest BCUT2D eigenvalue weighted by Crippen LogP contribution is -2.47. The van der Waals surface area contributed by atoms with E-state index in [1.54, 1.807) is 12.1 Å². The van der Waals surface area contributed by atoms with Gasteiger partial charge in [0.25, 0.3) is 0 Å². The summed E-state index contributed by atoms with van der Waals surface area (Å²) in [5.41, 5.74) is 0.675. The molecular formula is C38H51N4O13S2+. The minimum Gasteiger partial charge on any atom is -0.487 e. The highest BCUT2D eigenvalue weighted by atomic mass is 32.2. The second-order valence-corrected chi connectivity index (χ2v) is 18.2. The van der Waals surface area contributed by atoms with Crippen LogP contribution in [0.4, 0.5) is 5.69 Å². The molecule has 57 heavy (non-hydrogen) atoms. The molecule has 4 aromatic carbocycles. The fourth-order valence-corrected chi connectivity index (χ4v) is 10.6. The van der Waals surface area contributed by atoms with Gasteiger partial charge in [0.1, 0.15) is 45.1 Å². The van der Waals surface area contributed by atoms with Gasteiger partial charge in [-0.05, 0) is 31.4 Å². The maximum atomic E-state index is 14.4. The van der Waals surface area contributed by atoms with Crippen molar-refractivity contribution in [3.8, 4) is 5.75 Å². The number of carbonyl (C=O) groups is 4. The highest BCUT2D eigenvalue weighted by molar-refractivity contribution is 7.90. The van der Waals surface area contributed by atoms with E-state index in [-0.39, 0.29) is 24.8 Å². The number of nitrogens with zero attached hydrogens (tertiary/aromatic N) is 4. The van der Waals surface area contributed by atoms with Crippen molar-refractivity contribution in [2.75, 3.05) is 78.0 Å². The fourth-order valence-electron chi connectivity index (χ4n) is 7.38. The van der Waals surface area contributed by atoms with Crippen molar-refractivity contribution in [2.45, 2.75) is 56.2 Å². The Morgan fingerprint density at radius 3 is 1.47 bits per heavy atom. The second kappa shape index (κ2) is 18.2. The van der Waals surface area contributed by atoms with Gasteiger partial charge >= 0.3 is 23.9 Å². The van der Waals surface area contributed by atoms with Crippen molar-refractivity contribution in [3.05, 3.63) is 36.4 Å². The van der Waals surface area contributed by atoms with E-state index in [1.165, 1.54) is 12.1 Å². The molecule has 0 heterocycles. The van der Waals surface area contributed by atoms with E-state index in [0.717, 1.165) is 43.3 Å². The van der Waals surface area contributed by atoms with Gasteiger partial charge < -0.3 is 34.5 Å². The number of hydrogen-bond acceptors (Lipinski definition) is 10. The zero-order valence-corrected chi connectivity index (χ0v) is 34.4. The molecule has 0 saturated carbocycles. The summed E-state index contributed by atoms with van der Waals surface area (Å²) in [4.78, 5) is 47.7. The molecule has 0 spiro atoms. The number of ether oxygens (including phenoxy) is 1. The van der Waals surface area contributed by atoms with Gasteiger partial charge in [-0.1, -0.05) is 45.4 Å². The van der Waals surface area contributed by atoms with Crippen LogP contribution in [0.2, 0.25) is 0 Å². The Labute approximate surface area is 331 Å². The molecule has 19 heteroatoms. The van der Waals surface area contributed by atoms with Crippen LogP contribution in [0, 0.1) is 0 Å². The van der Waals surface area contributed by atoms with Crippen LogP contribution in [0.15, 0.2) is 46.2 Å². The molecule has 0 bridgehead atoms. The normalized spacial score (nSPS) is 12.6. The summed E-state index contributed by atoms with van der Waals surface area (Å²) in [5.74, 6) is -6.33. The zero-order chi connectivity index (χ0) is 42.5. The summed E-state index contributed by atoms with van der Waals surface area (Å²) in [5, 5.41) is 39.7. The molecule has 312 valence electrons. The number of likely N-dealkylation sites (N-methyl/N-ethyl adjacent to an activating group) is 1. The van der Waals surface area contributed by atoms with E-state index in [2.05, 4.69) is 20.9 Å². The number of sulfonamides is 2. The van der Waals surface area contributed by atoms with Crippen molar-refractivity contribution in [1.82, 2.24) is 8.61 Å². The number of carboxylic acid groups (broad SMARTS) is 4. The molecule has 0 aliphatic carbocycles. The molecule has 0 atom stereocenters. The number of quaternary nitrogens is 1.